The number of fused-ring (bicyclic) bond motifs is 2. The maximum absolute atomic E-state index is 13.0. The van der Waals surface area contributed by atoms with Crippen LogP contribution in [-0.2, 0) is 16.3 Å². The summed E-state index contributed by atoms with van der Waals surface area (Å²) in [7, 11) is -3.18. The smallest absolute Gasteiger partial charge is 0.266 e. The number of aryl methyl sites for hydroxylation is 1. The number of rotatable bonds is 3. The van der Waals surface area contributed by atoms with Crippen LogP contribution in [0.25, 0.3) is 11.0 Å². The number of aromatic nitrogens is 3. The Balaban J connectivity index is 1.58. The number of sulfone groups is 1. The van der Waals surface area contributed by atoms with E-state index in [1.54, 1.807) is 42.0 Å². The van der Waals surface area contributed by atoms with E-state index in [2.05, 4.69) is 15.3 Å². The van der Waals surface area contributed by atoms with Crippen LogP contribution in [-0.4, -0.2) is 39.4 Å². The molecule has 1 aliphatic carbocycles. The van der Waals surface area contributed by atoms with Gasteiger partial charge in [0.25, 0.3) is 5.56 Å². The van der Waals surface area contributed by atoms with Crippen LogP contribution in [0.2, 0.25) is 0 Å². The molecule has 1 aliphatic heterocycles. The minimum atomic E-state index is -3.18. The van der Waals surface area contributed by atoms with Gasteiger partial charge in [-0.25, -0.2) is 13.4 Å². The van der Waals surface area contributed by atoms with Crippen molar-refractivity contribution in [3.63, 3.8) is 0 Å². The lowest BCUT2D eigenvalue weighted by Crippen LogP contribution is -2.38. The number of hydrogen-bond acceptors (Lipinski definition) is 7. The molecule has 0 spiro atoms. The van der Waals surface area contributed by atoms with E-state index >= 15 is 0 Å². The molecule has 2 aliphatic rings. The number of nitrogens with one attached hydrogen (secondary N) is 1. The molecule has 10 heteroatoms. The number of pyridine rings is 1. The van der Waals surface area contributed by atoms with E-state index in [4.69, 9.17) is 0 Å². The van der Waals surface area contributed by atoms with Gasteiger partial charge in [-0.3, -0.25) is 9.36 Å². The van der Waals surface area contributed by atoms with Crippen molar-refractivity contribution in [2.75, 3.05) is 11.1 Å². The summed E-state index contributed by atoms with van der Waals surface area (Å²) in [6, 6.07) is 6.50. The molecule has 2 aromatic heterocycles. The molecule has 1 fully saturated rings. The van der Waals surface area contributed by atoms with Gasteiger partial charge >= 0.3 is 0 Å². The highest BCUT2D eigenvalue weighted by atomic mass is 127. The maximum atomic E-state index is 13.0. The summed E-state index contributed by atoms with van der Waals surface area (Å²) in [6.45, 7) is 1.77. The van der Waals surface area contributed by atoms with Crippen LogP contribution in [0.1, 0.15) is 37.8 Å². The summed E-state index contributed by atoms with van der Waals surface area (Å²) < 4.78 is 26.2. The molecule has 1 aromatic carbocycles. The number of aliphatic hydroxyl groups is 1. The lowest BCUT2D eigenvalue weighted by molar-refractivity contribution is 0.0266. The van der Waals surface area contributed by atoms with E-state index in [1.807, 2.05) is 22.6 Å². The fourth-order valence-corrected chi connectivity index (χ4v) is 6.75. The first-order valence-electron chi connectivity index (χ1n) is 10.1. The van der Waals surface area contributed by atoms with Crippen LogP contribution in [0.4, 0.5) is 11.6 Å². The summed E-state index contributed by atoms with van der Waals surface area (Å²) in [6.07, 6.45) is 4.32. The molecule has 3 heterocycles. The molecule has 162 valence electrons. The molecule has 3 aromatic rings. The molecule has 1 saturated carbocycles. The Labute approximate surface area is 192 Å². The minimum Gasteiger partial charge on any atom is -0.388 e. The molecule has 0 saturated heterocycles. The average molecular weight is 552 g/mol. The molecule has 0 unspecified atom stereocenters. The Hall–Kier alpha value is -2.05. The van der Waals surface area contributed by atoms with Gasteiger partial charge in [0, 0.05) is 17.3 Å². The van der Waals surface area contributed by atoms with Crippen molar-refractivity contribution in [1.82, 2.24) is 14.5 Å². The lowest BCUT2D eigenvalue weighted by Gasteiger charge is -2.28. The molecule has 0 radical (unpaired) electrons. The van der Waals surface area contributed by atoms with Gasteiger partial charge in [-0.1, -0.05) is 0 Å². The highest BCUT2D eigenvalue weighted by Gasteiger charge is 2.39. The zero-order valence-corrected chi connectivity index (χ0v) is 19.8. The Morgan fingerprint density at radius 1 is 1.32 bits per heavy atom. The van der Waals surface area contributed by atoms with Gasteiger partial charge in [0.2, 0.25) is 5.95 Å². The van der Waals surface area contributed by atoms with E-state index in [0.29, 0.717) is 45.0 Å². The van der Waals surface area contributed by atoms with Crippen LogP contribution in [0.15, 0.2) is 40.2 Å². The first kappa shape index (κ1) is 20.8. The zero-order chi connectivity index (χ0) is 22.0. The van der Waals surface area contributed by atoms with Crippen molar-refractivity contribution in [3.05, 3.63) is 49.9 Å². The Bertz CT molecular complexity index is 1380. The highest BCUT2D eigenvalue weighted by molar-refractivity contribution is 14.1. The molecule has 5 rings (SSSR count). The Morgan fingerprint density at radius 2 is 2.13 bits per heavy atom. The summed E-state index contributed by atoms with van der Waals surface area (Å²) in [5, 5.41) is 14.7. The second kappa shape index (κ2) is 7.24. The number of nitrogens with zero attached hydrogens (tertiary/aromatic N) is 3. The molecular weight excluding hydrogens is 531 g/mol. The summed E-state index contributed by atoms with van der Waals surface area (Å²) >= 11 is 2.01. The molecule has 8 nitrogen and oxygen atoms in total. The van der Waals surface area contributed by atoms with Gasteiger partial charge in [-0.05, 0) is 85.0 Å². The fraction of sp³-hybridized carbons (Fsp3) is 0.381. The summed E-state index contributed by atoms with van der Waals surface area (Å²) in [4.78, 5) is 22.4. The van der Waals surface area contributed by atoms with Crippen LogP contribution in [0.5, 0.6) is 0 Å². The molecule has 2 N–H and O–H groups in total. The van der Waals surface area contributed by atoms with Gasteiger partial charge in [0.15, 0.2) is 9.84 Å². The van der Waals surface area contributed by atoms with Gasteiger partial charge in [0.05, 0.1) is 25.9 Å². The second-order valence-electron chi connectivity index (χ2n) is 8.42. The predicted molar refractivity (Wildman–Crippen MR) is 126 cm³/mol. The fourth-order valence-electron chi connectivity index (χ4n) is 4.61. The SMILES string of the molecule is C[C@@]1(O)CCC[C@H]1n1c(=O)c(I)cc2cnc(Nc3ccc4c(c3)CCS4(=O)=O)nc21. The monoisotopic (exact) mass is 552 g/mol. The largest absolute Gasteiger partial charge is 0.388 e. The molecule has 31 heavy (non-hydrogen) atoms. The predicted octanol–water partition coefficient (Wildman–Crippen LogP) is 2.95. The quantitative estimate of drug-likeness (QED) is 0.481. The van der Waals surface area contributed by atoms with Gasteiger partial charge in [-0.2, -0.15) is 4.98 Å². The standard InChI is InChI=1S/C21H21IN4O4S/c1-21(28)7-2-3-17(21)26-18-13(10-15(22)19(26)27)11-23-20(25-18)24-14-4-5-16-12(9-14)6-8-31(16,29)30/h4-5,9-11,17,28H,2-3,6-8H2,1H3,(H,23,24,25)/t17-,21-/m1/s1. The van der Waals surface area contributed by atoms with Gasteiger partial charge in [0.1, 0.15) is 5.65 Å². The summed E-state index contributed by atoms with van der Waals surface area (Å²) in [5.74, 6) is 0.435. The van der Waals surface area contributed by atoms with Crippen molar-refractivity contribution < 1.29 is 13.5 Å². The van der Waals surface area contributed by atoms with E-state index in [-0.39, 0.29) is 17.4 Å². The Morgan fingerprint density at radius 3 is 2.87 bits per heavy atom. The first-order chi connectivity index (χ1) is 14.7. The number of anilines is 2. The van der Waals surface area contributed by atoms with E-state index in [0.717, 1.165) is 17.4 Å². The van der Waals surface area contributed by atoms with Crippen molar-refractivity contribution in [1.29, 1.82) is 0 Å². The number of halogens is 1. The molecular formula is C21H21IN4O4S. The average Bonchev–Trinajstić information content (AvgIpc) is 3.21. The van der Waals surface area contributed by atoms with Crippen LogP contribution in [0.3, 0.4) is 0 Å². The Kier molecular flexibility index (Phi) is 4.87. The number of hydrogen-bond donors (Lipinski definition) is 2. The molecule has 0 bridgehead atoms. The zero-order valence-electron chi connectivity index (χ0n) is 16.8. The van der Waals surface area contributed by atoms with Crippen LogP contribution >= 0.6 is 22.6 Å². The van der Waals surface area contributed by atoms with Crippen LogP contribution in [0, 0.1) is 3.57 Å². The first-order valence-corrected chi connectivity index (χ1v) is 12.8. The van der Waals surface area contributed by atoms with E-state index < -0.39 is 15.4 Å². The third kappa shape index (κ3) is 3.54. The maximum Gasteiger partial charge on any atom is 0.266 e. The minimum absolute atomic E-state index is 0.129. The van der Waals surface area contributed by atoms with E-state index in [9.17, 15) is 18.3 Å². The number of benzene rings is 1. The lowest BCUT2D eigenvalue weighted by atomic mass is 10.00. The van der Waals surface area contributed by atoms with Crippen molar-refractivity contribution >= 4 is 55.1 Å². The molecule has 2 atom stereocenters. The van der Waals surface area contributed by atoms with Crippen molar-refractivity contribution in [2.24, 2.45) is 0 Å². The van der Waals surface area contributed by atoms with E-state index in [1.165, 1.54) is 0 Å². The normalized spacial score (nSPS) is 24.4. The van der Waals surface area contributed by atoms with Crippen molar-refractivity contribution in [2.45, 2.75) is 49.1 Å². The van der Waals surface area contributed by atoms with Crippen molar-refractivity contribution in [3.8, 4) is 0 Å². The molecule has 0 amide bonds. The summed E-state index contributed by atoms with van der Waals surface area (Å²) in [5.41, 5.74) is 0.777. The third-order valence-corrected chi connectivity index (χ3v) is 8.79. The van der Waals surface area contributed by atoms with Crippen LogP contribution < -0.4 is 10.9 Å². The third-order valence-electron chi connectivity index (χ3n) is 6.21. The second-order valence-corrected chi connectivity index (χ2v) is 11.7. The van der Waals surface area contributed by atoms with Gasteiger partial charge in [-0.15, -0.1) is 0 Å². The van der Waals surface area contributed by atoms with Gasteiger partial charge < -0.3 is 10.4 Å². The topological polar surface area (TPSA) is 114 Å². The highest BCUT2D eigenvalue weighted by Crippen LogP contribution is 2.39.